The van der Waals surface area contributed by atoms with Crippen LogP contribution in [-0.2, 0) is 4.79 Å². The molecule has 0 spiro atoms. The smallest absolute Gasteiger partial charge is 0.237 e. The quantitative estimate of drug-likeness (QED) is 0.469. The monoisotopic (exact) mass is 388 g/mol. The highest BCUT2D eigenvalue weighted by Gasteiger charge is 2.18. The summed E-state index contributed by atoms with van der Waals surface area (Å²) in [4.78, 5) is 17.1. The molecule has 0 fully saturated rings. The molecular formula is C22H20N4OS. The average Bonchev–Trinajstić information content (AvgIpc) is 3.17. The summed E-state index contributed by atoms with van der Waals surface area (Å²) in [5.41, 5.74) is 2.95. The van der Waals surface area contributed by atoms with Gasteiger partial charge in [-0.25, -0.2) is 4.98 Å². The van der Waals surface area contributed by atoms with Gasteiger partial charge in [0.25, 0.3) is 0 Å². The van der Waals surface area contributed by atoms with Crippen molar-refractivity contribution in [3.8, 4) is 11.4 Å². The fourth-order valence-corrected chi connectivity index (χ4v) is 3.59. The van der Waals surface area contributed by atoms with Gasteiger partial charge < -0.3 is 5.32 Å². The second-order valence-corrected chi connectivity index (χ2v) is 7.95. The Morgan fingerprint density at radius 2 is 1.79 bits per heavy atom. The Morgan fingerprint density at radius 1 is 1.04 bits per heavy atom. The van der Waals surface area contributed by atoms with Gasteiger partial charge in [-0.1, -0.05) is 71.9 Å². The number of H-pyrrole nitrogens is 1. The molecule has 3 aromatic carbocycles. The van der Waals surface area contributed by atoms with Gasteiger partial charge in [-0.05, 0) is 36.8 Å². The van der Waals surface area contributed by atoms with Crippen LogP contribution >= 0.6 is 11.8 Å². The third-order valence-corrected chi connectivity index (χ3v) is 5.42. The van der Waals surface area contributed by atoms with Gasteiger partial charge in [0.1, 0.15) is 0 Å². The average molecular weight is 388 g/mol. The number of aromatic nitrogens is 3. The lowest BCUT2D eigenvalue weighted by atomic mass is 10.1. The number of hydrogen-bond donors (Lipinski definition) is 2. The Bertz CT molecular complexity index is 1120. The molecule has 5 nitrogen and oxygen atoms in total. The molecule has 2 N–H and O–H groups in total. The van der Waals surface area contributed by atoms with Crippen molar-refractivity contribution in [3.05, 3.63) is 72.3 Å². The molecule has 0 saturated carbocycles. The van der Waals surface area contributed by atoms with E-state index >= 15 is 0 Å². The minimum atomic E-state index is -0.326. The summed E-state index contributed by atoms with van der Waals surface area (Å²) in [6.45, 7) is 3.89. The number of thioether (sulfide) groups is 1. The molecule has 4 aromatic rings. The van der Waals surface area contributed by atoms with Crippen LogP contribution in [0, 0.1) is 6.92 Å². The second-order valence-electron chi connectivity index (χ2n) is 6.64. The first-order valence-electron chi connectivity index (χ1n) is 9.04. The Morgan fingerprint density at radius 3 is 2.57 bits per heavy atom. The van der Waals surface area contributed by atoms with Crippen molar-refractivity contribution in [2.45, 2.75) is 24.3 Å². The number of anilines is 1. The molecule has 4 rings (SSSR count). The van der Waals surface area contributed by atoms with Crippen LogP contribution in [0.5, 0.6) is 0 Å². The Labute approximate surface area is 167 Å². The van der Waals surface area contributed by atoms with Crippen LogP contribution in [0.25, 0.3) is 22.2 Å². The molecule has 6 heteroatoms. The molecule has 0 aliphatic heterocycles. The maximum absolute atomic E-state index is 12.6. The van der Waals surface area contributed by atoms with Crippen molar-refractivity contribution in [2.75, 3.05) is 5.32 Å². The fourth-order valence-electron chi connectivity index (χ4n) is 2.86. The summed E-state index contributed by atoms with van der Waals surface area (Å²) >= 11 is 1.33. The van der Waals surface area contributed by atoms with Gasteiger partial charge in [0, 0.05) is 11.3 Å². The highest BCUT2D eigenvalue weighted by atomic mass is 32.2. The molecule has 0 saturated heterocycles. The molecule has 0 radical (unpaired) electrons. The number of nitrogens with one attached hydrogen (secondary N) is 2. The number of hydrogen-bond acceptors (Lipinski definition) is 4. The van der Waals surface area contributed by atoms with Crippen LogP contribution in [0.2, 0.25) is 0 Å². The van der Waals surface area contributed by atoms with E-state index in [4.69, 9.17) is 0 Å². The summed E-state index contributed by atoms with van der Waals surface area (Å²) in [6.07, 6.45) is 0. The van der Waals surface area contributed by atoms with E-state index in [9.17, 15) is 4.79 Å². The third kappa shape index (κ3) is 4.07. The zero-order valence-corrected chi connectivity index (χ0v) is 16.5. The zero-order valence-electron chi connectivity index (χ0n) is 15.6. The van der Waals surface area contributed by atoms with Crippen LogP contribution < -0.4 is 5.32 Å². The standard InChI is InChI=1S/C22H20N4OS/c1-14-7-9-17(10-8-14)20-24-22(26-25-20)28-15(2)21(27)23-19-12-11-16-5-3-4-6-18(16)13-19/h3-13,15H,1-2H3,(H,23,27)(H,24,25,26). The summed E-state index contributed by atoms with van der Waals surface area (Å²) in [5, 5.41) is 12.6. The number of nitrogens with zero attached hydrogens (tertiary/aromatic N) is 2. The van der Waals surface area contributed by atoms with Crippen LogP contribution in [-0.4, -0.2) is 26.3 Å². The molecule has 1 unspecified atom stereocenters. The third-order valence-electron chi connectivity index (χ3n) is 4.46. The van der Waals surface area contributed by atoms with E-state index in [1.54, 1.807) is 0 Å². The summed E-state index contributed by atoms with van der Waals surface area (Å²) in [6, 6.07) is 22.0. The lowest BCUT2D eigenvalue weighted by Crippen LogP contribution is -2.22. The first kappa shape index (κ1) is 18.3. The van der Waals surface area contributed by atoms with Crippen molar-refractivity contribution in [1.29, 1.82) is 0 Å². The fraction of sp³-hybridized carbons (Fsp3) is 0.136. The number of aromatic amines is 1. The lowest BCUT2D eigenvalue weighted by Gasteiger charge is -2.10. The van der Waals surface area contributed by atoms with Gasteiger partial charge in [0.15, 0.2) is 5.82 Å². The van der Waals surface area contributed by atoms with Gasteiger partial charge in [0.2, 0.25) is 11.1 Å². The Kier molecular flexibility index (Phi) is 5.12. The van der Waals surface area contributed by atoms with Crippen molar-refractivity contribution in [3.63, 3.8) is 0 Å². The second kappa shape index (κ2) is 7.86. The topological polar surface area (TPSA) is 70.7 Å². The molecule has 0 bridgehead atoms. The lowest BCUT2D eigenvalue weighted by molar-refractivity contribution is -0.115. The number of carbonyl (C=O) groups excluding carboxylic acids is 1. The predicted octanol–water partition coefficient (Wildman–Crippen LogP) is 5.05. The van der Waals surface area contributed by atoms with Crippen molar-refractivity contribution in [1.82, 2.24) is 15.2 Å². The molecular weight excluding hydrogens is 368 g/mol. The number of fused-ring (bicyclic) bond motifs is 1. The van der Waals surface area contributed by atoms with E-state index in [0.717, 1.165) is 22.0 Å². The predicted molar refractivity (Wildman–Crippen MR) is 114 cm³/mol. The maximum Gasteiger partial charge on any atom is 0.237 e. The summed E-state index contributed by atoms with van der Waals surface area (Å²) < 4.78 is 0. The number of aryl methyl sites for hydroxylation is 1. The van der Waals surface area contributed by atoms with Crippen molar-refractivity contribution >= 4 is 34.1 Å². The van der Waals surface area contributed by atoms with E-state index in [-0.39, 0.29) is 11.2 Å². The first-order chi connectivity index (χ1) is 13.6. The van der Waals surface area contributed by atoms with Crippen LogP contribution in [0.1, 0.15) is 12.5 Å². The van der Waals surface area contributed by atoms with Gasteiger partial charge >= 0.3 is 0 Å². The van der Waals surface area contributed by atoms with Crippen LogP contribution in [0.4, 0.5) is 5.69 Å². The molecule has 0 aliphatic rings. The number of amides is 1. The van der Waals surface area contributed by atoms with Gasteiger partial charge in [0.05, 0.1) is 5.25 Å². The highest BCUT2D eigenvalue weighted by molar-refractivity contribution is 8.00. The molecule has 0 aliphatic carbocycles. The zero-order chi connectivity index (χ0) is 19.5. The van der Waals surface area contributed by atoms with Crippen molar-refractivity contribution < 1.29 is 4.79 Å². The molecule has 28 heavy (non-hydrogen) atoms. The Hall–Kier alpha value is -3.12. The van der Waals surface area contributed by atoms with Crippen LogP contribution in [0.15, 0.2) is 71.9 Å². The normalized spacial score (nSPS) is 12.1. The van der Waals surface area contributed by atoms with Crippen LogP contribution in [0.3, 0.4) is 0 Å². The largest absolute Gasteiger partial charge is 0.325 e. The minimum Gasteiger partial charge on any atom is -0.325 e. The number of rotatable bonds is 5. The molecule has 1 aromatic heterocycles. The van der Waals surface area contributed by atoms with E-state index in [0.29, 0.717) is 11.0 Å². The highest BCUT2D eigenvalue weighted by Crippen LogP contribution is 2.25. The molecule has 140 valence electrons. The summed E-state index contributed by atoms with van der Waals surface area (Å²) in [7, 11) is 0. The Balaban J connectivity index is 1.42. The van der Waals surface area contributed by atoms with Crippen molar-refractivity contribution in [2.24, 2.45) is 0 Å². The van der Waals surface area contributed by atoms with E-state index in [2.05, 4.69) is 20.5 Å². The van der Waals surface area contributed by atoms with E-state index < -0.39 is 0 Å². The minimum absolute atomic E-state index is 0.0815. The number of benzene rings is 3. The van der Waals surface area contributed by atoms with E-state index in [1.807, 2.05) is 80.6 Å². The maximum atomic E-state index is 12.6. The van der Waals surface area contributed by atoms with Gasteiger partial charge in [-0.3, -0.25) is 9.89 Å². The summed E-state index contributed by atoms with van der Waals surface area (Å²) in [5.74, 6) is 0.617. The van der Waals surface area contributed by atoms with E-state index in [1.165, 1.54) is 17.3 Å². The first-order valence-corrected chi connectivity index (χ1v) is 9.92. The van der Waals surface area contributed by atoms with Gasteiger partial charge in [-0.2, -0.15) is 0 Å². The molecule has 1 heterocycles. The van der Waals surface area contributed by atoms with Gasteiger partial charge in [-0.15, -0.1) is 5.10 Å². The SMILES string of the molecule is Cc1ccc(-c2nc(SC(C)C(=O)Nc3ccc4ccccc4c3)n[nH]2)cc1. The number of carbonyl (C=O) groups is 1. The molecule has 1 atom stereocenters. The molecule has 1 amide bonds.